The zero-order chi connectivity index (χ0) is 11.7. The summed E-state index contributed by atoms with van der Waals surface area (Å²) >= 11 is 2.26. The molecule has 0 spiro atoms. The van der Waals surface area contributed by atoms with Gasteiger partial charge >= 0.3 is 0 Å². The van der Waals surface area contributed by atoms with E-state index >= 15 is 0 Å². The molecule has 1 aromatic rings. The number of hydrogen-bond donors (Lipinski definition) is 1. The van der Waals surface area contributed by atoms with E-state index in [-0.39, 0.29) is 0 Å². The SMILES string of the molecule is CN(C(N)=NCc1nn(C)cc1I)C1CC1. The van der Waals surface area contributed by atoms with E-state index < -0.39 is 0 Å². The molecule has 2 rings (SSSR count). The summed E-state index contributed by atoms with van der Waals surface area (Å²) in [5.74, 6) is 0.615. The van der Waals surface area contributed by atoms with E-state index in [1.807, 2.05) is 20.3 Å². The summed E-state index contributed by atoms with van der Waals surface area (Å²) in [4.78, 5) is 6.42. The summed E-state index contributed by atoms with van der Waals surface area (Å²) in [6, 6.07) is 0.603. The number of hydrogen-bond acceptors (Lipinski definition) is 2. The Morgan fingerprint density at radius 3 is 2.94 bits per heavy atom. The van der Waals surface area contributed by atoms with Crippen LogP contribution in [0.2, 0.25) is 0 Å². The predicted octanol–water partition coefficient (Wildman–Crippen LogP) is 0.934. The van der Waals surface area contributed by atoms with Crippen molar-refractivity contribution in [2.24, 2.45) is 17.8 Å². The van der Waals surface area contributed by atoms with Crippen LogP contribution in [0.4, 0.5) is 0 Å². The molecule has 0 unspecified atom stereocenters. The Morgan fingerprint density at radius 2 is 2.44 bits per heavy atom. The van der Waals surface area contributed by atoms with Gasteiger partial charge in [0.05, 0.1) is 15.8 Å². The third-order valence-corrected chi connectivity index (χ3v) is 3.60. The summed E-state index contributed by atoms with van der Waals surface area (Å²) in [7, 11) is 3.91. The van der Waals surface area contributed by atoms with Crippen molar-refractivity contribution < 1.29 is 0 Å². The molecular formula is C10H16IN5. The lowest BCUT2D eigenvalue weighted by atomic mass is 10.4. The number of nitrogens with zero attached hydrogens (tertiary/aromatic N) is 4. The lowest BCUT2D eigenvalue weighted by Gasteiger charge is -2.16. The largest absolute Gasteiger partial charge is 0.370 e. The Balaban J connectivity index is 1.99. The third kappa shape index (κ3) is 2.66. The zero-order valence-corrected chi connectivity index (χ0v) is 11.7. The quantitative estimate of drug-likeness (QED) is 0.509. The lowest BCUT2D eigenvalue weighted by Crippen LogP contribution is -2.35. The Morgan fingerprint density at radius 1 is 1.75 bits per heavy atom. The fraction of sp³-hybridized carbons (Fsp3) is 0.600. The third-order valence-electron chi connectivity index (χ3n) is 2.70. The van der Waals surface area contributed by atoms with Crippen LogP contribution in [0.5, 0.6) is 0 Å². The molecule has 1 aromatic heterocycles. The fourth-order valence-corrected chi connectivity index (χ4v) is 2.21. The van der Waals surface area contributed by atoms with Crippen molar-refractivity contribution >= 4 is 28.6 Å². The maximum absolute atomic E-state index is 5.90. The highest BCUT2D eigenvalue weighted by atomic mass is 127. The molecule has 16 heavy (non-hydrogen) atoms. The van der Waals surface area contributed by atoms with E-state index in [4.69, 9.17) is 5.73 Å². The van der Waals surface area contributed by atoms with Gasteiger partial charge in [0.25, 0.3) is 0 Å². The Hall–Kier alpha value is -0.790. The molecule has 0 aromatic carbocycles. The molecule has 1 fully saturated rings. The van der Waals surface area contributed by atoms with E-state index in [1.54, 1.807) is 4.68 Å². The van der Waals surface area contributed by atoms with Crippen LogP contribution < -0.4 is 5.73 Å². The monoisotopic (exact) mass is 333 g/mol. The Bertz CT molecular complexity index is 407. The van der Waals surface area contributed by atoms with Crippen molar-refractivity contribution in [3.05, 3.63) is 15.5 Å². The van der Waals surface area contributed by atoms with Gasteiger partial charge in [0.15, 0.2) is 5.96 Å². The fourth-order valence-electron chi connectivity index (χ4n) is 1.53. The van der Waals surface area contributed by atoms with Crippen LogP contribution in [0, 0.1) is 3.57 Å². The smallest absolute Gasteiger partial charge is 0.191 e. The molecule has 1 aliphatic carbocycles. The summed E-state index contributed by atoms with van der Waals surface area (Å²) in [5, 5.41) is 4.33. The minimum atomic E-state index is 0.558. The van der Waals surface area contributed by atoms with Crippen molar-refractivity contribution in [2.75, 3.05) is 7.05 Å². The number of aliphatic imine (C=N–C) groups is 1. The van der Waals surface area contributed by atoms with Gasteiger partial charge in [0.2, 0.25) is 0 Å². The molecular weight excluding hydrogens is 317 g/mol. The first kappa shape index (κ1) is 11.7. The number of aromatic nitrogens is 2. The standard InChI is InChI=1S/C10H16IN5/c1-15-6-8(11)9(14-15)5-13-10(12)16(2)7-3-4-7/h6-7H,3-5H2,1-2H3,(H2,12,13). The van der Waals surface area contributed by atoms with Crippen LogP contribution >= 0.6 is 22.6 Å². The van der Waals surface area contributed by atoms with Crippen molar-refractivity contribution in [3.8, 4) is 0 Å². The second-order valence-electron chi connectivity index (χ2n) is 4.11. The van der Waals surface area contributed by atoms with Gasteiger partial charge in [-0.05, 0) is 35.4 Å². The summed E-state index contributed by atoms with van der Waals surface area (Å²) < 4.78 is 2.93. The Labute approximate surface area is 109 Å². The molecule has 0 amide bonds. The molecule has 6 heteroatoms. The van der Waals surface area contributed by atoms with E-state index in [1.165, 1.54) is 12.8 Å². The number of aryl methyl sites for hydroxylation is 1. The van der Waals surface area contributed by atoms with Gasteiger partial charge in [-0.25, -0.2) is 4.99 Å². The summed E-state index contributed by atoms with van der Waals surface area (Å²) in [6.45, 7) is 0.558. The average Bonchev–Trinajstić information content (AvgIpc) is 3.01. The van der Waals surface area contributed by atoms with Gasteiger partial charge < -0.3 is 10.6 Å². The number of guanidine groups is 1. The van der Waals surface area contributed by atoms with E-state index in [0.717, 1.165) is 9.26 Å². The molecule has 2 N–H and O–H groups in total. The molecule has 5 nitrogen and oxygen atoms in total. The second kappa shape index (κ2) is 4.60. The van der Waals surface area contributed by atoms with Crippen molar-refractivity contribution in [1.82, 2.24) is 14.7 Å². The predicted molar refractivity (Wildman–Crippen MR) is 72.0 cm³/mol. The molecule has 1 saturated carbocycles. The minimum absolute atomic E-state index is 0.558. The maximum atomic E-state index is 5.90. The second-order valence-corrected chi connectivity index (χ2v) is 5.28. The minimum Gasteiger partial charge on any atom is -0.370 e. The van der Waals surface area contributed by atoms with Crippen molar-refractivity contribution in [1.29, 1.82) is 0 Å². The molecule has 0 atom stereocenters. The van der Waals surface area contributed by atoms with Crippen LogP contribution in [0.1, 0.15) is 18.5 Å². The van der Waals surface area contributed by atoms with E-state index in [0.29, 0.717) is 18.5 Å². The van der Waals surface area contributed by atoms with Crippen LogP contribution in [-0.4, -0.2) is 33.7 Å². The van der Waals surface area contributed by atoms with Gasteiger partial charge in [0.1, 0.15) is 0 Å². The zero-order valence-electron chi connectivity index (χ0n) is 9.52. The van der Waals surface area contributed by atoms with E-state index in [2.05, 4.69) is 37.6 Å². The number of rotatable bonds is 3. The van der Waals surface area contributed by atoms with Gasteiger partial charge in [-0.3, -0.25) is 4.68 Å². The molecule has 0 saturated heterocycles. The summed E-state index contributed by atoms with van der Waals surface area (Å²) in [5.41, 5.74) is 6.88. The van der Waals surface area contributed by atoms with Gasteiger partial charge in [-0.2, -0.15) is 5.10 Å². The molecule has 1 heterocycles. The number of halogens is 1. The first-order valence-corrected chi connectivity index (χ1v) is 6.36. The van der Waals surface area contributed by atoms with Crippen LogP contribution in [-0.2, 0) is 13.6 Å². The molecule has 0 bridgehead atoms. The van der Waals surface area contributed by atoms with Crippen LogP contribution in [0.25, 0.3) is 0 Å². The topological polar surface area (TPSA) is 59.4 Å². The van der Waals surface area contributed by atoms with Crippen LogP contribution in [0.15, 0.2) is 11.2 Å². The van der Waals surface area contributed by atoms with E-state index in [9.17, 15) is 0 Å². The van der Waals surface area contributed by atoms with Crippen molar-refractivity contribution in [2.45, 2.75) is 25.4 Å². The molecule has 0 radical (unpaired) electrons. The molecule has 88 valence electrons. The Kier molecular flexibility index (Phi) is 3.36. The highest BCUT2D eigenvalue weighted by Crippen LogP contribution is 2.24. The highest BCUT2D eigenvalue weighted by Gasteiger charge is 2.27. The van der Waals surface area contributed by atoms with Crippen molar-refractivity contribution in [3.63, 3.8) is 0 Å². The van der Waals surface area contributed by atoms with Gasteiger partial charge in [-0.15, -0.1) is 0 Å². The van der Waals surface area contributed by atoms with Crippen LogP contribution in [0.3, 0.4) is 0 Å². The average molecular weight is 333 g/mol. The normalized spacial score (nSPS) is 16.6. The maximum Gasteiger partial charge on any atom is 0.191 e. The van der Waals surface area contributed by atoms with Gasteiger partial charge in [0, 0.05) is 26.3 Å². The molecule has 1 aliphatic rings. The first-order valence-electron chi connectivity index (χ1n) is 5.28. The first-order chi connectivity index (χ1) is 7.58. The lowest BCUT2D eigenvalue weighted by molar-refractivity contribution is 0.487. The number of nitrogens with two attached hydrogens (primary N) is 1. The van der Waals surface area contributed by atoms with Gasteiger partial charge in [-0.1, -0.05) is 0 Å². The molecule has 0 aliphatic heterocycles. The highest BCUT2D eigenvalue weighted by molar-refractivity contribution is 14.1. The summed E-state index contributed by atoms with van der Waals surface area (Å²) in [6.07, 6.45) is 4.44.